The second-order valence-electron chi connectivity index (χ2n) is 6.21. The van der Waals surface area contributed by atoms with Crippen molar-refractivity contribution in [2.75, 3.05) is 11.4 Å². The van der Waals surface area contributed by atoms with Gasteiger partial charge in [-0.05, 0) is 23.3 Å². The van der Waals surface area contributed by atoms with Crippen LogP contribution in [-0.4, -0.2) is 12.5 Å². The van der Waals surface area contributed by atoms with E-state index in [2.05, 4.69) is 29.6 Å². The second-order valence-corrected chi connectivity index (χ2v) is 6.21. The van der Waals surface area contributed by atoms with Gasteiger partial charge in [0.15, 0.2) is 0 Å². The molecule has 3 aromatic rings. The molecule has 0 aliphatic carbocycles. The lowest BCUT2D eigenvalue weighted by molar-refractivity contribution is -0.118. The zero-order chi connectivity index (χ0) is 18.0. The molecule has 0 aromatic heterocycles. The van der Waals surface area contributed by atoms with Crippen molar-refractivity contribution in [3.05, 3.63) is 102 Å². The highest BCUT2D eigenvalue weighted by Crippen LogP contribution is 2.18. The molecule has 0 saturated carbocycles. The molecule has 132 valence electrons. The molecule has 3 heteroatoms. The number of carbonyl (C=O) groups excluding carboxylic acids is 1. The van der Waals surface area contributed by atoms with Crippen molar-refractivity contribution in [2.24, 2.45) is 0 Å². The van der Waals surface area contributed by atoms with Gasteiger partial charge < -0.3 is 10.2 Å². The van der Waals surface area contributed by atoms with Crippen LogP contribution in [0.3, 0.4) is 0 Å². The standard InChI is InChI=1S/C23H24N2O/c26-23(16-17-24-18-20-10-4-1-5-11-20)25(22-14-8-3-9-15-22)19-21-12-6-2-7-13-21/h1-15,24H,16-19H2. The van der Waals surface area contributed by atoms with Crippen LogP contribution in [0.25, 0.3) is 0 Å². The van der Waals surface area contributed by atoms with Crippen LogP contribution in [0.2, 0.25) is 0 Å². The summed E-state index contributed by atoms with van der Waals surface area (Å²) < 4.78 is 0. The first kappa shape index (κ1) is 17.9. The molecule has 26 heavy (non-hydrogen) atoms. The Balaban J connectivity index is 1.59. The Kier molecular flexibility index (Phi) is 6.57. The van der Waals surface area contributed by atoms with Crippen molar-refractivity contribution in [3.8, 4) is 0 Å². The van der Waals surface area contributed by atoms with E-state index in [4.69, 9.17) is 0 Å². The van der Waals surface area contributed by atoms with Crippen molar-refractivity contribution in [1.29, 1.82) is 0 Å². The van der Waals surface area contributed by atoms with E-state index in [0.29, 0.717) is 19.5 Å². The first-order valence-electron chi connectivity index (χ1n) is 8.97. The Hall–Kier alpha value is -2.91. The molecular weight excluding hydrogens is 320 g/mol. The van der Waals surface area contributed by atoms with Crippen LogP contribution >= 0.6 is 0 Å². The molecular formula is C23H24N2O. The summed E-state index contributed by atoms with van der Waals surface area (Å²) in [6, 6.07) is 30.2. The third-order valence-electron chi connectivity index (χ3n) is 4.24. The SMILES string of the molecule is O=C(CCNCc1ccccc1)N(Cc1ccccc1)c1ccccc1. The Morgan fingerprint density at radius 3 is 1.88 bits per heavy atom. The Morgan fingerprint density at radius 2 is 1.27 bits per heavy atom. The van der Waals surface area contributed by atoms with Crippen LogP contribution in [0.15, 0.2) is 91.0 Å². The number of benzene rings is 3. The molecule has 1 N–H and O–H groups in total. The fourth-order valence-corrected chi connectivity index (χ4v) is 2.86. The molecule has 3 aromatic carbocycles. The topological polar surface area (TPSA) is 32.3 Å². The summed E-state index contributed by atoms with van der Waals surface area (Å²) in [4.78, 5) is 14.7. The molecule has 0 aliphatic heterocycles. The summed E-state index contributed by atoms with van der Waals surface area (Å²) in [5.41, 5.74) is 3.29. The van der Waals surface area contributed by atoms with Gasteiger partial charge in [-0.1, -0.05) is 78.9 Å². The number of hydrogen-bond acceptors (Lipinski definition) is 2. The lowest BCUT2D eigenvalue weighted by Crippen LogP contribution is -2.32. The van der Waals surface area contributed by atoms with Crippen molar-refractivity contribution in [3.63, 3.8) is 0 Å². The minimum absolute atomic E-state index is 0.126. The molecule has 3 nitrogen and oxygen atoms in total. The van der Waals surface area contributed by atoms with Crippen LogP contribution in [0.5, 0.6) is 0 Å². The van der Waals surface area contributed by atoms with Crippen LogP contribution in [0.1, 0.15) is 17.5 Å². The van der Waals surface area contributed by atoms with E-state index in [1.165, 1.54) is 5.56 Å². The first-order chi connectivity index (χ1) is 12.8. The van der Waals surface area contributed by atoms with Crippen LogP contribution in [-0.2, 0) is 17.9 Å². The number of amides is 1. The zero-order valence-corrected chi connectivity index (χ0v) is 14.8. The molecule has 0 fully saturated rings. The second kappa shape index (κ2) is 9.54. The van der Waals surface area contributed by atoms with E-state index in [1.807, 2.05) is 71.6 Å². The molecule has 0 bridgehead atoms. The molecule has 0 heterocycles. The summed E-state index contributed by atoms with van der Waals surface area (Å²) in [6.07, 6.45) is 0.467. The number of para-hydroxylation sites is 1. The maximum Gasteiger partial charge on any atom is 0.228 e. The third kappa shape index (κ3) is 5.30. The van der Waals surface area contributed by atoms with Gasteiger partial charge in [0, 0.05) is 25.2 Å². The Bertz CT molecular complexity index is 788. The smallest absolute Gasteiger partial charge is 0.228 e. The zero-order valence-electron chi connectivity index (χ0n) is 14.8. The highest BCUT2D eigenvalue weighted by Gasteiger charge is 2.15. The maximum atomic E-state index is 12.8. The third-order valence-corrected chi connectivity index (χ3v) is 4.24. The molecule has 0 atom stereocenters. The number of nitrogens with zero attached hydrogens (tertiary/aromatic N) is 1. The largest absolute Gasteiger partial charge is 0.312 e. The number of carbonyl (C=O) groups is 1. The summed E-state index contributed by atoms with van der Waals surface area (Å²) in [5, 5.41) is 3.36. The molecule has 0 saturated heterocycles. The lowest BCUT2D eigenvalue weighted by atomic mass is 10.1. The van der Waals surface area contributed by atoms with Gasteiger partial charge in [0.25, 0.3) is 0 Å². The van der Waals surface area contributed by atoms with E-state index in [0.717, 1.165) is 17.8 Å². The van der Waals surface area contributed by atoms with E-state index >= 15 is 0 Å². The number of anilines is 1. The molecule has 0 unspecified atom stereocenters. The number of rotatable bonds is 8. The van der Waals surface area contributed by atoms with E-state index in [1.54, 1.807) is 0 Å². The molecule has 3 rings (SSSR count). The summed E-state index contributed by atoms with van der Waals surface area (Å²) in [6.45, 7) is 2.02. The summed E-state index contributed by atoms with van der Waals surface area (Å²) >= 11 is 0. The van der Waals surface area contributed by atoms with Crippen LogP contribution in [0, 0.1) is 0 Å². The first-order valence-corrected chi connectivity index (χ1v) is 8.97. The van der Waals surface area contributed by atoms with E-state index in [9.17, 15) is 4.79 Å². The fourth-order valence-electron chi connectivity index (χ4n) is 2.86. The molecule has 0 aliphatic rings. The molecule has 0 radical (unpaired) electrons. The average molecular weight is 344 g/mol. The predicted octanol–water partition coefficient (Wildman–Crippen LogP) is 4.40. The van der Waals surface area contributed by atoms with Crippen LogP contribution < -0.4 is 10.2 Å². The van der Waals surface area contributed by atoms with Crippen molar-refractivity contribution in [2.45, 2.75) is 19.5 Å². The molecule has 1 amide bonds. The van der Waals surface area contributed by atoms with Crippen molar-refractivity contribution >= 4 is 11.6 Å². The Labute approximate surface area is 155 Å². The minimum atomic E-state index is 0.126. The Morgan fingerprint density at radius 1 is 0.731 bits per heavy atom. The number of nitrogens with one attached hydrogen (secondary N) is 1. The lowest BCUT2D eigenvalue weighted by Gasteiger charge is -2.23. The highest BCUT2D eigenvalue weighted by atomic mass is 16.2. The minimum Gasteiger partial charge on any atom is -0.312 e. The van der Waals surface area contributed by atoms with Gasteiger partial charge in [-0.25, -0.2) is 0 Å². The van der Waals surface area contributed by atoms with Gasteiger partial charge in [-0.3, -0.25) is 4.79 Å². The predicted molar refractivity (Wildman–Crippen MR) is 107 cm³/mol. The van der Waals surface area contributed by atoms with Gasteiger partial charge in [0.05, 0.1) is 6.54 Å². The van der Waals surface area contributed by atoms with Crippen molar-refractivity contribution < 1.29 is 4.79 Å². The monoisotopic (exact) mass is 344 g/mol. The number of hydrogen-bond donors (Lipinski definition) is 1. The average Bonchev–Trinajstić information content (AvgIpc) is 2.71. The quantitative estimate of drug-likeness (QED) is 0.614. The van der Waals surface area contributed by atoms with Crippen LogP contribution in [0.4, 0.5) is 5.69 Å². The van der Waals surface area contributed by atoms with Gasteiger partial charge in [-0.2, -0.15) is 0 Å². The summed E-state index contributed by atoms with van der Waals surface area (Å²) in [7, 11) is 0. The molecule has 0 spiro atoms. The van der Waals surface area contributed by atoms with Gasteiger partial charge >= 0.3 is 0 Å². The van der Waals surface area contributed by atoms with Gasteiger partial charge in [-0.15, -0.1) is 0 Å². The highest BCUT2D eigenvalue weighted by molar-refractivity contribution is 5.93. The maximum absolute atomic E-state index is 12.8. The van der Waals surface area contributed by atoms with Gasteiger partial charge in [0.1, 0.15) is 0 Å². The summed E-state index contributed by atoms with van der Waals surface area (Å²) in [5.74, 6) is 0.126. The van der Waals surface area contributed by atoms with E-state index < -0.39 is 0 Å². The van der Waals surface area contributed by atoms with Crippen molar-refractivity contribution in [1.82, 2.24) is 5.32 Å². The van der Waals surface area contributed by atoms with E-state index in [-0.39, 0.29) is 5.91 Å². The fraction of sp³-hybridized carbons (Fsp3) is 0.174. The normalized spacial score (nSPS) is 10.5. The van der Waals surface area contributed by atoms with Gasteiger partial charge in [0.2, 0.25) is 5.91 Å².